The molecule has 35 heavy (non-hydrogen) atoms. The van der Waals surface area contributed by atoms with E-state index in [9.17, 15) is 9.59 Å². The number of allylic oxidation sites excluding steroid dienone is 2. The van der Waals surface area contributed by atoms with Crippen molar-refractivity contribution in [2.75, 3.05) is 7.11 Å². The van der Waals surface area contributed by atoms with Gasteiger partial charge in [-0.2, -0.15) is 0 Å². The van der Waals surface area contributed by atoms with E-state index in [0.717, 1.165) is 11.1 Å². The van der Waals surface area contributed by atoms with Gasteiger partial charge in [0.2, 0.25) is 5.43 Å². The summed E-state index contributed by atoms with van der Waals surface area (Å²) in [7, 11) is 1.57. The molecule has 5 aromatic rings. The summed E-state index contributed by atoms with van der Waals surface area (Å²) < 4.78 is 10.8. The van der Waals surface area contributed by atoms with Gasteiger partial charge in [0.25, 0.3) is 0 Å². The smallest absolute Gasteiger partial charge is 0.200 e. The van der Waals surface area contributed by atoms with Gasteiger partial charge in [-0.1, -0.05) is 84.9 Å². The van der Waals surface area contributed by atoms with Crippen molar-refractivity contribution in [3.63, 3.8) is 0 Å². The van der Waals surface area contributed by atoms with Crippen molar-refractivity contribution in [2.24, 2.45) is 0 Å². The van der Waals surface area contributed by atoms with E-state index in [1.54, 1.807) is 49.6 Å². The molecular formula is C31H24O4. The molecule has 4 aromatic carbocycles. The average Bonchev–Trinajstić information content (AvgIpc) is 2.92. The van der Waals surface area contributed by atoms with Gasteiger partial charge in [0.1, 0.15) is 16.9 Å². The Labute approximate surface area is 203 Å². The molecule has 0 unspecified atom stereocenters. The molecule has 0 atom stereocenters. The number of fused-ring (bicyclic) bond motifs is 2. The molecule has 0 spiro atoms. The minimum atomic E-state index is -0.0271. The van der Waals surface area contributed by atoms with Crippen LogP contribution in [0.5, 0.6) is 5.75 Å². The molecule has 172 valence electrons. The predicted molar refractivity (Wildman–Crippen MR) is 143 cm³/mol. The number of para-hydroxylation sites is 1. The highest BCUT2D eigenvalue weighted by Crippen LogP contribution is 2.22. The molecule has 0 radical (unpaired) electrons. The Bertz CT molecular complexity index is 1490. The van der Waals surface area contributed by atoms with Crippen molar-refractivity contribution in [1.29, 1.82) is 0 Å². The van der Waals surface area contributed by atoms with Crippen molar-refractivity contribution >= 4 is 39.9 Å². The Morgan fingerprint density at radius 1 is 0.686 bits per heavy atom. The molecule has 4 heteroatoms. The maximum Gasteiger partial charge on any atom is 0.200 e. The predicted octanol–water partition coefficient (Wildman–Crippen LogP) is 6.94. The maximum absolute atomic E-state index is 12.2. The number of hydrogen-bond acceptors (Lipinski definition) is 4. The zero-order chi connectivity index (χ0) is 24.5. The van der Waals surface area contributed by atoms with Gasteiger partial charge in [0.15, 0.2) is 5.78 Å². The first-order chi connectivity index (χ1) is 17.1. The topological polar surface area (TPSA) is 56.5 Å². The van der Waals surface area contributed by atoms with Gasteiger partial charge < -0.3 is 9.15 Å². The molecule has 0 aliphatic heterocycles. The van der Waals surface area contributed by atoms with E-state index in [-0.39, 0.29) is 11.2 Å². The first kappa shape index (κ1) is 23.5. The molecule has 4 nitrogen and oxygen atoms in total. The standard InChI is InChI=1S/C17H14O.C14H10O3/c18-17(13-11-15-7-3-1-4-8-15)14-12-16-9-5-2-6-10-16;1-16-9-6-7-13-11(8-9)14(15)10-4-2-3-5-12(10)17-13/h1-14H;2-8H,1H3. The van der Waals surface area contributed by atoms with E-state index in [0.29, 0.717) is 27.7 Å². The number of hydrogen-bond donors (Lipinski definition) is 0. The normalized spacial score (nSPS) is 11.0. The number of ketones is 1. The van der Waals surface area contributed by atoms with Crippen LogP contribution in [0, 0.1) is 0 Å². The number of benzene rings is 4. The number of ether oxygens (including phenoxy) is 1. The molecular weight excluding hydrogens is 436 g/mol. The molecule has 0 aliphatic rings. The van der Waals surface area contributed by atoms with Gasteiger partial charge in [-0.25, -0.2) is 0 Å². The summed E-state index contributed by atoms with van der Waals surface area (Å²) in [5, 5.41) is 1.14. The molecule has 0 fully saturated rings. The van der Waals surface area contributed by atoms with Crippen LogP contribution in [-0.4, -0.2) is 12.9 Å². The molecule has 0 saturated heterocycles. The van der Waals surface area contributed by atoms with E-state index in [2.05, 4.69) is 0 Å². The highest BCUT2D eigenvalue weighted by atomic mass is 16.5. The van der Waals surface area contributed by atoms with Gasteiger partial charge in [0.05, 0.1) is 17.9 Å². The average molecular weight is 461 g/mol. The highest BCUT2D eigenvalue weighted by Gasteiger charge is 2.07. The molecule has 1 aromatic heterocycles. The molecule has 0 saturated carbocycles. The van der Waals surface area contributed by atoms with Crippen LogP contribution >= 0.6 is 0 Å². The summed E-state index contributed by atoms with van der Waals surface area (Å²) in [4.78, 5) is 23.9. The fourth-order valence-electron chi connectivity index (χ4n) is 3.45. The van der Waals surface area contributed by atoms with Crippen molar-refractivity contribution in [3.05, 3.63) is 137 Å². The van der Waals surface area contributed by atoms with Crippen LogP contribution in [0.4, 0.5) is 0 Å². The summed E-state index contributed by atoms with van der Waals surface area (Å²) in [6, 6.07) is 32.0. The molecule has 0 N–H and O–H groups in total. The Kier molecular flexibility index (Phi) is 7.66. The second-order valence-electron chi connectivity index (χ2n) is 7.68. The number of rotatable bonds is 5. The number of carbonyl (C=O) groups is 1. The highest BCUT2D eigenvalue weighted by molar-refractivity contribution is 6.04. The zero-order valence-corrected chi connectivity index (χ0v) is 19.3. The molecule has 0 bridgehead atoms. The Balaban J connectivity index is 0.000000165. The third-order valence-corrected chi connectivity index (χ3v) is 5.26. The quantitative estimate of drug-likeness (QED) is 0.211. The SMILES string of the molecule is COc1ccc2oc3ccccc3c(=O)c2c1.O=C(C=Cc1ccccc1)C=Cc1ccccc1. The summed E-state index contributed by atoms with van der Waals surface area (Å²) in [6.07, 6.45) is 6.79. The van der Waals surface area contributed by atoms with E-state index < -0.39 is 0 Å². The number of carbonyl (C=O) groups excluding carboxylic acids is 1. The first-order valence-electron chi connectivity index (χ1n) is 11.1. The monoisotopic (exact) mass is 460 g/mol. The minimum absolute atomic E-state index is 0.0114. The van der Waals surface area contributed by atoms with Gasteiger partial charge in [0, 0.05) is 0 Å². The second-order valence-corrected chi connectivity index (χ2v) is 7.68. The summed E-state index contributed by atoms with van der Waals surface area (Å²) in [5.74, 6) is 0.641. The summed E-state index contributed by atoms with van der Waals surface area (Å²) in [5.41, 5.74) is 3.21. The van der Waals surface area contributed by atoms with Gasteiger partial charge in [-0.05, 0) is 53.6 Å². The van der Waals surface area contributed by atoms with E-state index >= 15 is 0 Å². The van der Waals surface area contributed by atoms with Crippen molar-refractivity contribution in [3.8, 4) is 5.75 Å². The maximum atomic E-state index is 12.2. The lowest BCUT2D eigenvalue weighted by atomic mass is 10.1. The lowest BCUT2D eigenvalue weighted by Crippen LogP contribution is -2.01. The van der Waals surface area contributed by atoms with Gasteiger partial charge in [-0.15, -0.1) is 0 Å². The van der Waals surface area contributed by atoms with Crippen LogP contribution in [0.25, 0.3) is 34.1 Å². The minimum Gasteiger partial charge on any atom is -0.497 e. The van der Waals surface area contributed by atoms with Crippen LogP contribution < -0.4 is 10.2 Å². The van der Waals surface area contributed by atoms with Crippen LogP contribution in [0.3, 0.4) is 0 Å². The third kappa shape index (κ3) is 6.21. The largest absolute Gasteiger partial charge is 0.497 e. The van der Waals surface area contributed by atoms with Crippen LogP contribution in [0.2, 0.25) is 0 Å². The van der Waals surface area contributed by atoms with Crippen molar-refractivity contribution in [2.45, 2.75) is 0 Å². The molecule has 5 rings (SSSR count). The lowest BCUT2D eigenvalue weighted by Gasteiger charge is -2.03. The molecule has 0 amide bonds. The lowest BCUT2D eigenvalue weighted by molar-refractivity contribution is -0.110. The summed E-state index contributed by atoms with van der Waals surface area (Å²) in [6.45, 7) is 0. The van der Waals surface area contributed by atoms with Gasteiger partial charge in [-0.3, -0.25) is 9.59 Å². The van der Waals surface area contributed by atoms with Crippen molar-refractivity contribution in [1.82, 2.24) is 0 Å². The summed E-state index contributed by atoms with van der Waals surface area (Å²) >= 11 is 0. The van der Waals surface area contributed by atoms with Crippen LogP contribution in [-0.2, 0) is 4.79 Å². The van der Waals surface area contributed by atoms with Crippen LogP contribution in [0.15, 0.2) is 124 Å². The zero-order valence-electron chi connectivity index (χ0n) is 19.3. The van der Waals surface area contributed by atoms with Crippen LogP contribution in [0.1, 0.15) is 11.1 Å². The fraction of sp³-hybridized carbons (Fsp3) is 0.0323. The first-order valence-corrected chi connectivity index (χ1v) is 11.1. The Morgan fingerprint density at radius 2 is 1.23 bits per heavy atom. The van der Waals surface area contributed by atoms with E-state index in [1.165, 1.54) is 0 Å². The Morgan fingerprint density at radius 3 is 1.83 bits per heavy atom. The van der Waals surface area contributed by atoms with E-state index in [4.69, 9.17) is 9.15 Å². The van der Waals surface area contributed by atoms with E-state index in [1.807, 2.05) is 84.9 Å². The molecule has 1 heterocycles. The molecule has 0 aliphatic carbocycles. The van der Waals surface area contributed by atoms with Crippen molar-refractivity contribution < 1.29 is 13.9 Å². The Hall–Kier alpha value is -4.70. The second kappa shape index (κ2) is 11.4. The fourth-order valence-corrected chi connectivity index (χ4v) is 3.45. The third-order valence-electron chi connectivity index (χ3n) is 5.26. The number of methoxy groups -OCH3 is 1. The van der Waals surface area contributed by atoms with Gasteiger partial charge >= 0.3 is 0 Å².